The summed E-state index contributed by atoms with van der Waals surface area (Å²) in [6.45, 7) is 3.93. The SMILES string of the molecule is NC(=O)C1(OC(=O)C2CC2(F)F)CCC(CCN2CCC(c3cccc4c3CCO4)CC2)CC1. The van der Waals surface area contributed by atoms with E-state index < -0.39 is 35.7 Å². The Balaban J connectivity index is 1.07. The number of hydrogen-bond acceptors (Lipinski definition) is 5. The van der Waals surface area contributed by atoms with Crippen LogP contribution in [0, 0.1) is 11.8 Å². The molecule has 0 radical (unpaired) electrons. The minimum Gasteiger partial charge on any atom is -0.493 e. The molecule has 0 spiro atoms. The van der Waals surface area contributed by atoms with E-state index in [-0.39, 0.29) is 0 Å². The Morgan fingerprint density at radius 2 is 1.85 bits per heavy atom. The number of carbonyl (C=O) groups is 2. The Kier molecular flexibility index (Phi) is 6.29. The van der Waals surface area contributed by atoms with Crippen molar-refractivity contribution in [2.45, 2.75) is 75.2 Å². The number of fused-ring (bicyclic) bond motifs is 1. The number of carbonyl (C=O) groups excluding carboxylic acids is 2. The number of piperidine rings is 1. The number of ether oxygens (including phenoxy) is 2. The smallest absolute Gasteiger partial charge is 0.316 e. The normalized spacial score (nSPS) is 30.9. The first-order valence-corrected chi connectivity index (χ1v) is 12.6. The van der Waals surface area contributed by atoms with Gasteiger partial charge in [-0.2, -0.15) is 0 Å². The minimum atomic E-state index is -3.01. The third kappa shape index (κ3) is 4.66. The van der Waals surface area contributed by atoms with E-state index in [0.717, 1.165) is 57.7 Å². The van der Waals surface area contributed by atoms with Gasteiger partial charge in [-0.3, -0.25) is 9.59 Å². The second-order valence-electron chi connectivity index (χ2n) is 10.6. The van der Waals surface area contributed by atoms with Crippen molar-refractivity contribution in [2.75, 3.05) is 26.2 Å². The van der Waals surface area contributed by atoms with Crippen LogP contribution in [0.4, 0.5) is 8.78 Å². The van der Waals surface area contributed by atoms with Crippen molar-refractivity contribution in [1.82, 2.24) is 4.90 Å². The zero-order chi connectivity index (χ0) is 23.9. The molecule has 2 aliphatic carbocycles. The van der Waals surface area contributed by atoms with Crippen molar-refractivity contribution in [3.63, 3.8) is 0 Å². The molecule has 4 aliphatic rings. The quantitative estimate of drug-likeness (QED) is 0.606. The van der Waals surface area contributed by atoms with E-state index in [1.165, 1.54) is 11.1 Å². The van der Waals surface area contributed by atoms with E-state index in [1.54, 1.807) is 0 Å². The van der Waals surface area contributed by atoms with Gasteiger partial charge in [0, 0.05) is 18.4 Å². The highest BCUT2D eigenvalue weighted by Gasteiger charge is 2.63. The molecular weight excluding hydrogens is 442 g/mol. The van der Waals surface area contributed by atoms with Crippen LogP contribution < -0.4 is 10.5 Å². The molecule has 0 aromatic heterocycles. The van der Waals surface area contributed by atoms with Crippen LogP contribution in [0.25, 0.3) is 0 Å². The summed E-state index contributed by atoms with van der Waals surface area (Å²) in [4.78, 5) is 26.7. The molecule has 2 aliphatic heterocycles. The lowest BCUT2D eigenvalue weighted by molar-refractivity contribution is -0.175. The molecular formula is C26H34F2N2O4. The van der Waals surface area contributed by atoms with Crippen LogP contribution in [-0.2, 0) is 20.7 Å². The average molecular weight is 477 g/mol. The number of alkyl halides is 2. The third-order valence-corrected chi connectivity index (χ3v) is 8.43. The summed E-state index contributed by atoms with van der Waals surface area (Å²) in [5.74, 6) is -4.07. The maximum absolute atomic E-state index is 13.2. The molecule has 1 aromatic rings. The Morgan fingerprint density at radius 3 is 2.50 bits per heavy atom. The monoisotopic (exact) mass is 476 g/mol. The largest absolute Gasteiger partial charge is 0.493 e. The van der Waals surface area contributed by atoms with Gasteiger partial charge in [0.2, 0.25) is 0 Å². The lowest BCUT2D eigenvalue weighted by atomic mass is 9.76. The Morgan fingerprint density at radius 1 is 1.15 bits per heavy atom. The predicted octanol–water partition coefficient (Wildman–Crippen LogP) is 3.80. The summed E-state index contributed by atoms with van der Waals surface area (Å²) in [6, 6.07) is 6.44. The minimum absolute atomic E-state index is 0.320. The Hall–Kier alpha value is -2.22. The first-order valence-electron chi connectivity index (χ1n) is 12.6. The van der Waals surface area contributed by atoms with E-state index in [4.69, 9.17) is 15.2 Å². The van der Waals surface area contributed by atoms with Gasteiger partial charge in [0.1, 0.15) is 11.7 Å². The summed E-state index contributed by atoms with van der Waals surface area (Å²) < 4.78 is 37.5. The number of rotatable bonds is 7. The van der Waals surface area contributed by atoms with Crippen LogP contribution in [0.15, 0.2) is 18.2 Å². The topological polar surface area (TPSA) is 81.9 Å². The summed E-state index contributed by atoms with van der Waals surface area (Å²) in [6.07, 6.45) is 5.89. The molecule has 2 saturated carbocycles. The maximum atomic E-state index is 13.2. The van der Waals surface area contributed by atoms with Crippen LogP contribution in [0.5, 0.6) is 5.75 Å². The molecule has 1 saturated heterocycles. The third-order valence-electron chi connectivity index (χ3n) is 8.43. The number of esters is 1. The summed E-state index contributed by atoms with van der Waals surface area (Å²) >= 11 is 0. The Bertz CT molecular complexity index is 937. The Labute approximate surface area is 199 Å². The van der Waals surface area contributed by atoms with Gasteiger partial charge in [-0.05, 0) is 88.0 Å². The van der Waals surface area contributed by atoms with Crippen LogP contribution in [0.3, 0.4) is 0 Å². The molecule has 186 valence electrons. The van der Waals surface area contributed by atoms with Gasteiger partial charge in [-0.25, -0.2) is 8.78 Å². The second-order valence-corrected chi connectivity index (χ2v) is 10.6. The zero-order valence-electron chi connectivity index (χ0n) is 19.6. The van der Waals surface area contributed by atoms with Gasteiger partial charge in [0.15, 0.2) is 5.60 Å². The molecule has 6 nitrogen and oxygen atoms in total. The van der Waals surface area contributed by atoms with Gasteiger partial charge < -0.3 is 20.1 Å². The molecule has 5 rings (SSSR count). The number of hydrogen-bond donors (Lipinski definition) is 1. The fourth-order valence-corrected chi connectivity index (χ4v) is 6.03. The van der Waals surface area contributed by atoms with Crippen molar-refractivity contribution in [3.8, 4) is 5.75 Å². The number of likely N-dealkylation sites (tertiary alicyclic amines) is 1. The van der Waals surface area contributed by atoms with Crippen molar-refractivity contribution in [2.24, 2.45) is 17.6 Å². The molecule has 2 heterocycles. The van der Waals surface area contributed by atoms with Crippen molar-refractivity contribution in [3.05, 3.63) is 29.3 Å². The van der Waals surface area contributed by atoms with Crippen molar-refractivity contribution < 1.29 is 27.8 Å². The molecule has 1 unspecified atom stereocenters. The predicted molar refractivity (Wildman–Crippen MR) is 122 cm³/mol. The number of nitrogens with two attached hydrogens (primary N) is 1. The number of primary amides is 1. The molecule has 0 bridgehead atoms. The van der Waals surface area contributed by atoms with Crippen LogP contribution in [0.1, 0.15) is 68.4 Å². The maximum Gasteiger partial charge on any atom is 0.316 e. The molecule has 8 heteroatoms. The van der Waals surface area contributed by atoms with Gasteiger partial charge in [-0.15, -0.1) is 0 Å². The van der Waals surface area contributed by atoms with Crippen molar-refractivity contribution >= 4 is 11.9 Å². The van der Waals surface area contributed by atoms with Gasteiger partial charge in [-0.1, -0.05) is 12.1 Å². The number of nitrogens with zero attached hydrogens (tertiary/aromatic N) is 1. The summed E-state index contributed by atoms with van der Waals surface area (Å²) in [7, 11) is 0. The number of halogens is 2. The van der Waals surface area contributed by atoms with Crippen molar-refractivity contribution in [1.29, 1.82) is 0 Å². The van der Waals surface area contributed by atoms with E-state index >= 15 is 0 Å². The highest BCUT2D eigenvalue weighted by Crippen LogP contribution is 2.50. The van der Waals surface area contributed by atoms with Gasteiger partial charge in [0.05, 0.1) is 6.61 Å². The highest BCUT2D eigenvalue weighted by molar-refractivity contribution is 5.88. The van der Waals surface area contributed by atoms with Gasteiger partial charge >= 0.3 is 5.97 Å². The van der Waals surface area contributed by atoms with Gasteiger partial charge in [0.25, 0.3) is 11.8 Å². The molecule has 1 amide bonds. The number of benzene rings is 1. The number of amides is 1. The van der Waals surface area contributed by atoms with E-state index in [2.05, 4.69) is 23.1 Å². The summed E-state index contributed by atoms with van der Waals surface area (Å²) in [5, 5.41) is 0. The molecule has 1 aromatic carbocycles. The second kappa shape index (κ2) is 9.10. The fourth-order valence-electron chi connectivity index (χ4n) is 6.03. The molecule has 3 fully saturated rings. The van der Waals surface area contributed by atoms with E-state index in [0.29, 0.717) is 37.5 Å². The molecule has 1 atom stereocenters. The first kappa shape index (κ1) is 23.5. The van der Waals surface area contributed by atoms with E-state index in [9.17, 15) is 18.4 Å². The first-order chi connectivity index (χ1) is 16.3. The molecule has 34 heavy (non-hydrogen) atoms. The van der Waals surface area contributed by atoms with E-state index in [1.807, 2.05) is 0 Å². The zero-order valence-corrected chi connectivity index (χ0v) is 19.6. The lowest BCUT2D eigenvalue weighted by Gasteiger charge is -2.38. The molecule has 2 N–H and O–H groups in total. The van der Waals surface area contributed by atoms with Crippen LogP contribution in [0.2, 0.25) is 0 Å². The average Bonchev–Trinajstić information content (AvgIpc) is 3.23. The fraction of sp³-hybridized carbons (Fsp3) is 0.692. The van der Waals surface area contributed by atoms with Crippen LogP contribution in [-0.4, -0.2) is 54.5 Å². The summed E-state index contributed by atoms with van der Waals surface area (Å²) in [5.41, 5.74) is 6.98. The van der Waals surface area contributed by atoms with Crippen LogP contribution >= 0.6 is 0 Å². The lowest BCUT2D eigenvalue weighted by Crippen LogP contribution is -2.50. The highest BCUT2D eigenvalue weighted by atomic mass is 19.3. The standard InChI is InChI=1S/C26H34F2N2O4/c27-26(28)16-21(26)23(31)34-25(24(29)32)10-4-17(5-11-25)6-12-30-13-7-18(8-14-30)19-2-1-3-22-20(19)9-15-33-22/h1-3,17-18,21H,4-16H2,(H2,29,32).